The fraction of sp³-hybridized carbons (Fsp3) is 0.889. The van der Waals surface area contributed by atoms with Crippen LogP contribution in [0.25, 0.3) is 0 Å². The molecule has 1 unspecified atom stereocenters. The molecule has 0 aliphatic carbocycles. The quantitative estimate of drug-likeness (QED) is 0.707. The third-order valence-corrected chi connectivity index (χ3v) is 2.05. The van der Waals surface area contributed by atoms with Crippen molar-refractivity contribution in [2.45, 2.75) is 26.1 Å². The predicted octanol–water partition coefficient (Wildman–Crippen LogP) is 0.368. The van der Waals surface area contributed by atoms with E-state index >= 15 is 0 Å². The highest BCUT2D eigenvalue weighted by molar-refractivity contribution is 5.81. The van der Waals surface area contributed by atoms with Gasteiger partial charge in [0.2, 0.25) is 5.91 Å². The maximum atomic E-state index is 12.2. The van der Waals surface area contributed by atoms with Crippen LogP contribution in [-0.2, 0) is 4.79 Å². The zero-order chi connectivity index (χ0) is 12.8. The molecular formula is C9H17F3N2O2. The summed E-state index contributed by atoms with van der Waals surface area (Å²) < 4.78 is 36.6. The molecule has 0 fully saturated rings. The highest BCUT2D eigenvalue weighted by atomic mass is 19.4. The molecule has 16 heavy (non-hydrogen) atoms. The van der Waals surface area contributed by atoms with Gasteiger partial charge in [-0.25, -0.2) is 0 Å². The number of carbonyl (C=O) groups is 1. The molecule has 2 N–H and O–H groups in total. The van der Waals surface area contributed by atoms with Crippen molar-refractivity contribution in [3.8, 4) is 0 Å². The number of hydrogen-bond acceptors (Lipinski definition) is 3. The van der Waals surface area contributed by atoms with E-state index in [1.165, 1.54) is 6.92 Å². The van der Waals surface area contributed by atoms with Crippen molar-refractivity contribution >= 4 is 5.91 Å². The molecular weight excluding hydrogens is 225 g/mol. The first-order valence-electron chi connectivity index (χ1n) is 5.01. The van der Waals surface area contributed by atoms with Gasteiger partial charge in [0.05, 0.1) is 19.2 Å². The summed E-state index contributed by atoms with van der Waals surface area (Å²) >= 11 is 0. The molecule has 0 radical (unpaired) electrons. The number of carbonyl (C=O) groups excluding carboxylic acids is 1. The first-order valence-corrected chi connectivity index (χ1v) is 5.01. The van der Waals surface area contributed by atoms with Crippen LogP contribution in [0.5, 0.6) is 0 Å². The lowest BCUT2D eigenvalue weighted by Gasteiger charge is -2.28. The molecule has 7 heteroatoms. The summed E-state index contributed by atoms with van der Waals surface area (Å²) in [5.74, 6) is -0.472. The summed E-state index contributed by atoms with van der Waals surface area (Å²) in [5.41, 5.74) is 0. The van der Waals surface area contributed by atoms with Crippen molar-refractivity contribution in [3.63, 3.8) is 0 Å². The number of alkyl halides is 3. The van der Waals surface area contributed by atoms with Crippen molar-refractivity contribution in [2.24, 2.45) is 0 Å². The van der Waals surface area contributed by atoms with Crippen molar-refractivity contribution in [1.82, 2.24) is 10.2 Å². The van der Waals surface area contributed by atoms with Crippen LogP contribution in [0.2, 0.25) is 0 Å². The summed E-state index contributed by atoms with van der Waals surface area (Å²) in [6.07, 6.45) is -4.38. The van der Waals surface area contributed by atoms with Gasteiger partial charge >= 0.3 is 6.18 Å². The van der Waals surface area contributed by atoms with Crippen LogP contribution in [0.3, 0.4) is 0 Å². The predicted molar refractivity (Wildman–Crippen MR) is 52.9 cm³/mol. The fourth-order valence-electron chi connectivity index (χ4n) is 1.26. The standard InChI is InChI=1S/C9H17F3N2O2/c1-3-13-8(16)7(2)14(4-5-15)6-9(10,11)12/h7,15H,3-6H2,1-2H3,(H,13,16). The lowest BCUT2D eigenvalue weighted by atomic mass is 10.2. The van der Waals surface area contributed by atoms with E-state index < -0.39 is 31.3 Å². The number of nitrogens with zero attached hydrogens (tertiary/aromatic N) is 1. The maximum Gasteiger partial charge on any atom is 0.401 e. The van der Waals surface area contributed by atoms with Crippen LogP contribution in [0, 0.1) is 0 Å². The third kappa shape index (κ3) is 5.92. The topological polar surface area (TPSA) is 52.6 Å². The Kier molecular flexibility index (Phi) is 6.35. The second kappa shape index (κ2) is 6.70. The van der Waals surface area contributed by atoms with Gasteiger partial charge in [-0.1, -0.05) is 0 Å². The first-order chi connectivity index (χ1) is 7.31. The summed E-state index contributed by atoms with van der Waals surface area (Å²) in [4.78, 5) is 12.2. The first kappa shape index (κ1) is 15.2. The van der Waals surface area contributed by atoms with Crippen LogP contribution in [0.1, 0.15) is 13.8 Å². The Labute approximate surface area is 92.4 Å². The van der Waals surface area contributed by atoms with Crippen LogP contribution in [-0.4, -0.2) is 54.4 Å². The van der Waals surface area contributed by atoms with E-state index in [4.69, 9.17) is 5.11 Å². The van der Waals surface area contributed by atoms with Crippen molar-refractivity contribution < 1.29 is 23.1 Å². The summed E-state index contributed by atoms with van der Waals surface area (Å²) in [6.45, 7) is 1.63. The van der Waals surface area contributed by atoms with E-state index in [0.717, 1.165) is 4.90 Å². The zero-order valence-corrected chi connectivity index (χ0v) is 9.34. The van der Waals surface area contributed by atoms with E-state index in [0.29, 0.717) is 6.54 Å². The monoisotopic (exact) mass is 242 g/mol. The number of halogens is 3. The van der Waals surface area contributed by atoms with Crippen LogP contribution in [0.4, 0.5) is 13.2 Å². The molecule has 1 amide bonds. The number of aliphatic hydroxyl groups excluding tert-OH is 1. The lowest BCUT2D eigenvalue weighted by Crippen LogP contribution is -2.49. The minimum absolute atomic E-state index is 0.183. The average molecular weight is 242 g/mol. The van der Waals surface area contributed by atoms with E-state index in [1.54, 1.807) is 6.92 Å². The maximum absolute atomic E-state index is 12.2. The second-order valence-electron chi connectivity index (χ2n) is 3.38. The number of rotatable bonds is 6. The molecule has 1 atom stereocenters. The highest BCUT2D eigenvalue weighted by Crippen LogP contribution is 2.17. The largest absolute Gasteiger partial charge is 0.401 e. The highest BCUT2D eigenvalue weighted by Gasteiger charge is 2.34. The zero-order valence-electron chi connectivity index (χ0n) is 9.34. The van der Waals surface area contributed by atoms with Crippen molar-refractivity contribution in [3.05, 3.63) is 0 Å². The molecule has 0 heterocycles. The molecule has 0 aromatic carbocycles. The van der Waals surface area contributed by atoms with Crippen molar-refractivity contribution in [1.29, 1.82) is 0 Å². The van der Waals surface area contributed by atoms with Gasteiger partial charge in [0.25, 0.3) is 0 Å². The Hall–Kier alpha value is -0.820. The lowest BCUT2D eigenvalue weighted by molar-refractivity contribution is -0.155. The van der Waals surface area contributed by atoms with E-state index in [2.05, 4.69) is 5.32 Å². The number of aliphatic hydroxyl groups is 1. The van der Waals surface area contributed by atoms with Crippen LogP contribution >= 0.6 is 0 Å². The second-order valence-corrected chi connectivity index (χ2v) is 3.38. The van der Waals surface area contributed by atoms with Gasteiger partial charge in [-0.15, -0.1) is 0 Å². The Bertz CT molecular complexity index is 221. The van der Waals surface area contributed by atoms with Crippen LogP contribution < -0.4 is 5.32 Å². The molecule has 4 nitrogen and oxygen atoms in total. The van der Waals surface area contributed by atoms with Gasteiger partial charge in [-0.05, 0) is 13.8 Å². The molecule has 0 saturated carbocycles. The SMILES string of the molecule is CCNC(=O)C(C)N(CCO)CC(F)(F)F. The van der Waals surface area contributed by atoms with E-state index in [1.807, 2.05) is 0 Å². The summed E-state index contributed by atoms with van der Waals surface area (Å²) in [5, 5.41) is 11.1. The minimum Gasteiger partial charge on any atom is -0.395 e. The van der Waals surface area contributed by atoms with E-state index in [9.17, 15) is 18.0 Å². The van der Waals surface area contributed by atoms with Gasteiger partial charge in [0.1, 0.15) is 0 Å². The number of amides is 1. The van der Waals surface area contributed by atoms with Gasteiger partial charge in [0.15, 0.2) is 0 Å². The third-order valence-electron chi connectivity index (χ3n) is 2.05. The van der Waals surface area contributed by atoms with Gasteiger partial charge in [-0.2, -0.15) is 13.2 Å². The number of nitrogens with one attached hydrogen (secondary N) is 1. The smallest absolute Gasteiger partial charge is 0.395 e. The number of likely N-dealkylation sites (N-methyl/N-ethyl adjacent to an activating group) is 1. The normalized spacial score (nSPS) is 13.9. The fourth-order valence-corrected chi connectivity index (χ4v) is 1.26. The Morgan fingerprint density at radius 1 is 1.50 bits per heavy atom. The molecule has 96 valence electrons. The molecule has 0 saturated heterocycles. The molecule has 0 spiro atoms. The average Bonchev–Trinajstić information content (AvgIpc) is 2.14. The molecule has 0 aromatic heterocycles. The molecule has 0 aliphatic heterocycles. The Morgan fingerprint density at radius 3 is 2.44 bits per heavy atom. The molecule has 0 aromatic rings. The summed E-state index contributed by atoms with van der Waals surface area (Å²) in [6, 6.07) is -0.909. The van der Waals surface area contributed by atoms with E-state index in [-0.39, 0.29) is 6.54 Å². The summed E-state index contributed by atoms with van der Waals surface area (Å²) in [7, 11) is 0. The number of hydrogen-bond donors (Lipinski definition) is 2. The minimum atomic E-state index is -4.38. The molecule has 0 bridgehead atoms. The van der Waals surface area contributed by atoms with Crippen molar-refractivity contribution in [2.75, 3.05) is 26.2 Å². The van der Waals surface area contributed by atoms with Gasteiger partial charge in [0, 0.05) is 13.1 Å². The van der Waals surface area contributed by atoms with Gasteiger partial charge < -0.3 is 10.4 Å². The van der Waals surface area contributed by atoms with Crippen LogP contribution in [0.15, 0.2) is 0 Å². The Morgan fingerprint density at radius 2 is 2.06 bits per heavy atom. The molecule has 0 rings (SSSR count). The Balaban J connectivity index is 4.45. The van der Waals surface area contributed by atoms with Gasteiger partial charge in [-0.3, -0.25) is 9.69 Å². The molecule has 0 aliphatic rings.